The Balaban J connectivity index is 1.02. The number of aromatic amines is 1. The number of aromatic nitrogens is 5. The van der Waals surface area contributed by atoms with E-state index < -0.39 is 6.36 Å². The SMILES string of the molecule is Oc1cc(-c2cc(NCCOCCCCNCc3cc(Cc4cnco4)cc(OC(F)(F)F)c3)c3cn[nH]c3c2)cnn1. The number of anilines is 1. The van der Waals surface area contributed by atoms with E-state index in [4.69, 9.17) is 9.15 Å². The van der Waals surface area contributed by atoms with Gasteiger partial charge in [-0.15, -0.1) is 18.3 Å². The minimum absolute atomic E-state index is 0.154. The number of ether oxygens (including phenoxy) is 2. The fraction of sp³-hybridized carbons (Fsp3) is 0.310. The summed E-state index contributed by atoms with van der Waals surface area (Å²) in [6, 6.07) is 9.99. The van der Waals surface area contributed by atoms with Gasteiger partial charge in [0.05, 0.1) is 30.7 Å². The Morgan fingerprint density at radius 2 is 1.81 bits per heavy atom. The fourth-order valence-corrected chi connectivity index (χ4v) is 4.58. The second kappa shape index (κ2) is 14.0. The Morgan fingerprint density at radius 1 is 0.930 bits per heavy atom. The van der Waals surface area contributed by atoms with E-state index in [-0.39, 0.29) is 11.6 Å². The second-order valence-electron chi connectivity index (χ2n) is 9.76. The van der Waals surface area contributed by atoms with Crippen LogP contribution in [0.3, 0.4) is 0 Å². The molecule has 3 aromatic heterocycles. The topological polar surface area (TPSA) is 143 Å². The molecule has 2 aromatic carbocycles. The van der Waals surface area contributed by atoms with Crippen LogP contribution in [0, 0.1) is 0 Å². The monoisotopic (exact) mass is 597 g/mol. The van der Waals surface area contributed by atoms with Crippen molar-refractivity contribution in [3.05, 3.63) is 78.3 Å². The number of benzene rings is 2. The molecule has 14 heteroatoms. The summed E-state index contributed by atoms with van der Waals surface area (Å²) in [5, 5.41) is 31.8. The number of H-pyrrole nitrogens is 1. The highest BCUT2D eigenvalue weighted by Gasteiger charge is 2.31. The predicted octanol–water partition coefficient (Wildman–Crippen LogP) is 5.20. The van der Waals surface area contributed by atoms with Crippen LogP contribution in [0.15, 0.2) is 65.8 Å². The first-order valence-electron chi connectivity index (χ1n) is 13.6. The molecular formula is C29H30F3N7O4. The summed E-state index contributed by atoms with van der Waals surface area (Å²) in [5.41, 5.74) is 4.60. The molecule has 3 heterocycles. The highest BCUT2D eigenvalue weighted by molar-refractivity contribution is 5.95. The first-order chi connectivity index (χ1) is 20.8. The summed E-state index contributed by atoms with van der Waals surface area (Å²) in [6.45, 7) is 2.71. The zero-order valence-electron chi connectivity index (χ0n) is 23.0. The van der Waals surface area contributed by atoms with E-state index in [9.17, 15) is 18.3 Å². The average Bonchev–Trinajstić information content (AvgIpc) is 3.65. The molecule has 0 aliphatic heterocycles. The maximum absolute atomic E-state index is 12.8. The number of rotatable bonds is 15. The van der Waals surface area contributed by atoms with Gasteiger partial charge in [0, 0.05) is 48.8 Å². The third kappa shape index (κ3) is 8.90. The molecule has 43 heavy (non-hydrogen) atoms. The molecule has 0 spiro atoms. The maximum atomic E-state index is 12.8. The Bertz CT molecular complexity index is 1610. The van der Waals surface area contributed by atoms with Crippen molar-refractivity contribution in [2.45, 2.75) is 32.2 Å². The fourth-order valence-electron chi connectivity index (χ4n) is 4.58. The van der Waals surface area contributed by atoms with Gasteiger partial charge in [-0.05, 0) is 60.3 Å². The number of nitrogens with zero attached hydrogens (tertiary/aromatic N) is 4. The van der Waals surface area contributed by atoms with Gasteiger partial charge in [-0.1, -0.05) is 6.07 Å². The molecule has 0 saturated carbocycles. The standard InChI is InChI=1S/C29H30F3N7O4/c30-29(31,32)43-23-8-19(9-24-16-34-18-42-24)7-20(10-23)14-33-3-1-2-5-41-6-4-35-26-11-21(12-27-25(26)17-37-38-27)22-13-28(40)39-36-15-22/h7-8,10-13,15-18,33,35H,1-6,9,14H2,(H,37,38)(H,39,40). The smallest absolute Gasteiger partial charge is 0.492 e. The molecule has 0 aliphatic rings. The first kappa shape index (κ1) is 29.8. The third-order valence-electron chi connectivity index (χ3n) is 6.44. The first-order valence-corrected chi connectivity index (χ1v) is 13.6. The van der Waals surface area contributed by atoms with Crippen LogP contribution in [0.2, 0.25) is 0 Å². The zero-order valence-corrected chi connectivity index (χ0v) is 23.0. The Morgan fingerprint density at radius 3 is 2.63 bits per heavy atom. The number of hydrogen-bond donors (Lipinski definition) is 4. The molecule has 11 nitrogen and oxygen atoms in total. The van der Waals surface area contributed by atoms with Crippen molar-refractivity contribution in [1.29, 1.82) is 0 Å². The van der Waals surface area contributed by atoms with Gasteiger partial charge in [0.1, 0.15) is 11.5 Å². The Kier molecular flexibility index (Phi) is 9.69. The minimum Gasteiger partial charge on any atom is -0.492 e. The molecule has 0 bridgehead atoms. The lowest BCUT2D eigenvalue weighted by Crippen LogP contribution is -2.18. The van der Waals surface area contributed by atoms with Crippen molar-refractivity contribution < 1.29 is 32.2 Å². The van der Waals surface area contributed by atoms with Crippen molar-refractivity contribution >= 4 is 16.6 Å². The number of nitrogens with one attached hydrogen (secondary N) is 3. The molecule has 5 aromatic rings. The van der Waals surface area contributed by atoms with Gasteiger partial charge in [0.2, 0.25) is 5.88 Å². The maximum Gasteiger partial charge on any atom is 0.573 e. The van der Waals surface area contributed by atoms with Crippen LogP contribution in [-0.4, -0.2) is 63.2 Å². The molecule has 226 valence electrons. The van der Waals surface area contributed by atoms with Crippen LogP contribution in [0.5, 0.6) is 11.6 Å². The van der Waals surface area contributed by atoms with E-state index >= 15 is 0 Å². The normalized spacial score (nSPS) is 11.7. The number of aromatic hydroxyl groups is 1. The molecular weight excluding hydrogens is 567 g/mol. The lowest BCUT2D eigenvalue weighted by Gasteiger charge is -2.13. The van der Waals surface area contributed by atoms with E-state index in [0.717, 1.165) is 40.6 Å². The molecule has 0 fully saturated rings. The van der Waals surface area contributed by atoms with Crippen LogP contribution in [0.25, 0.3) is 22.0 Å². The number of unbranched alkanes of at least 4 members (excludes halogenated alkanes) is 1. The number of halogens is 3. The van der Waals surface area contributed by atoms with Crippen LogP contribution < -0.4 is 15.4 Å². The summed E-state index contributed by atoms with van der Waals surface area (Å²) >= 11 is 0. The number of oxazole rings is 1. The zero-order chi connectivity index (χ0) is 30.1. The highest BCUT2D eigenvalue weighted by Crippen LogP contribution is 2.30. The summed E-state index contributed by atoms with van der Waals surface area (Å²) in [6.07, 6.45) is 3.31. The Labute approximate surface area is 244 Å². The van der Waals surface area contributed by atoms with Gasteiger partial charge in [0.15, 0.2) is 6.39 Å². The number of hydrogen-bond acceptors (Lipinski definition) is 10. The number of alkyl halides is 3. The van der Waals surface area contributed by atoms with Crippen LogP contribution >= 0.6 is 0 Å². The van der Waals surface area contributed by atoms with Crippen molar-refractivity contribution in [2.75, 3.05) is 31.6 Å². The molecule has 0 unspecified atom stereocenters. The molecule has 0 saturated heterocycles. The molecule has 0 amide bonds. The lowest BCUT2D eigenvalue weighted by atomic mass is 10.0. The summed E-state index contributed by atoms with van der Waals surface area (Å²) in [7, 11) is 0. The molecule has 4 N–H and O–H groups in total. The van der Waals surface area contributed by atoms with Gasteiger partial charge in [-0.3, -0.25) is 5.10 Å². The largest absolute Gasteiger partial charge is 0.573 e. The molecule has 0 radical (unpaired) electrons. The van der Waals surface area contributed by atoms with Crippen molar-refractivity contribution in [3.8, 4) is 22.8 Å². The lowest BCUT2D eigenvalue weighted by molar-refractivity contribution is -0.274. The van der Waals surface area contributed by atoms with E-state index in [2.05, 4.69) is 40.7 Å². The summed E-state index contributed by atoms with van der Waals surface area (Å²) in [4.78, 5) is 3.84. The molecule has 0 aliphatic carbocycles. The quantitative estimate of drug-likeness (QED) is 0.119. The number of fused-ring (bicyclic) bond motifs is 1. The highest BCUT2D eigenvalue weighted by atomic mass is 19.4. The van der Waals surface area contributed by atoms with E-state index in [1.54, 1.807) is 18.5 Å². The Hall–Kier alpha value is -4.69. The van der Waals surface area contributed by atoms with Crippen LogP contribution in [0.1, 0.15) is 29.7 Å². The second-order valence-corrected chi connectivity index (χ2v) is 9.76. The van der Waals surface area contributed by atoms with Gasteiger partial charge < -0.3 is 29.6 Å². The predicted molar refractivity (Wildman–Crippen MR) is 151 cm³/mol. The van der Waals surface area contributed by atoms with Crippen molar-refractivity contribution in [2.24, 2.45) is 0 Å². The summed E-state index contributed by atoms with van der Waals surface area (Å²) in [5.74, 6) is 0.126. The third-order valence-corrected chi connectivity index (χ3v) is 6.44. The molecule has 5 rings (SSSR count). The average molecular weight is 598 g/mol. The van der Waals surface area contributed by atoms with Crippen molar-refractivity contribution in [3.63, 3.8) is 0 Å². The van der Waals surface area contributed by atoms with Gasteiger partial charge in [0.25, 0.3) is 0 Å². The van der Waals surface area contributed by atoms with Crippen molar-refractivity contribution in [1.82, 2.24) is 30.7 Å². The van der Waals surface area contributed by atoms with E-state index in [1.165, 1.54) is 24.7 Å². The van der Waals surface area contributed by atoms with Gasteiger partial charge in [-0.25, -0.2) is 4.98 Å². The van der Waals surface area contributed by atoms with Crippen LogP contribution in [0.4, 0.5) is 18.9 Å². The van der Waals surface area contributed by atoms with E-state index in [0.29, 0.717) is 56.2 Å². The summed E-state index contributed by atoms with van der Waals surface area (Å²) < 4.78 is 53.6. The molecule has 0 atom stereocenters. The van der Waals surface area contributed by atoms with E-state index in [1.807, 2.05) is 18.2 Å². The minimum atomic E-state index is -4.77. The van der Waals surface area contributed by atoms with Crippen LogP contribution in [-0.2, 0) is 17.7 Å². The van der Waals surface area contributed by atoms with Gasteiger partial charge in [-0.2, -0.15) is 10.2 Å². The van der Waals surface area contributed by atoms with Gasteiger partial charge >= 0.3 is 6.36 Å².